The third-order valence-corrected chi connectivity index (χ3v) is 7.09. The van der Waals surface area contributed by atoms with Crippen LogP contribution in [0.1, 0.15) is 36.8 Å². The summed E-state index contributed by atoms with van der Waals surface area (Å²) in [6.07, 6.45) is -1.74. The molecule has 4 bridgehead atoms. The number of nitrogens with zero attached hydrogens (tertiary/aromatic N) is 2. The minimum atomic E-state index is -4.67. The highest BCUT2D eigenvalue weighted by atomic mass is 32.2. The van der Waals surface area contributed by atoms with Crippen LogP contribution in [0.5, 0.6) is 5.88 Å². The van der Waals surface area contributed by atoms with Gasteiger partial charge in [0.05, 0.1) is 11.3 Å². The average Bonchev–Trinajstić information content (AvgIpc) is 2.84. The third kappa shape index (κ3) is 6.14. The van der Waals surface area contributed by atoms with Crippen LogP contribution >= 0.6 is 0 Å². The van der Waals surface area contributed by atoms with Crippen molar-refractivity contribution in [3.05, 3.63) is 65.7 Å². The minimum absolute atomic E-state index is 0.137. The summed E-state index contributed by atoms with van der Waals surface area (Å²) in [7, 11) is -2.67. The van der Waals surface area contributed by atoms with Gasteiger partial charge in [-0.1, -0.05) is 30.3 Å². The number of halogens is 3. The van der Waals surface area contributed by atoms with Crippen LogP contribution in [0, 0.1) is 0 Å². The van der Waals surface area contributed by atoms with E-state index < -0.39 is 21.8 Å². The van der Waals surface area contributed by atoms with Gasteiger partial charge in [0.2, 0.25) is 5.88 Å². The standard InChI is InChI=1S/C25H26F3N3O4S/c1-34-16-15-18-9-4-2-7-17-8-3-5-10-19(17)24-20(25(26,27)28)13-14-21(29-24)31-36(32,33)23-12-6-11-22(30-23)35-18/h3,5-6,8,10-14,18H,2,4,7,9,15-16H2,1H3,(H,29,31). The van der Waals surface area contributed by atoms with Gasteiger partial charge in [-0.15, -0.1) is 0 Å². The van der Waals surface area contributed by atoms with Crippen molar-refractivity contribution >= 4 is 15.8 Å². The van der Waals surface area contributed by atoms with Gasteiger partial charge in [0.1, 0.15) is 11.9 Å². The van der Waals surface area contributed by atoms with Crippen molar-refractivity contribution < 1.29 is 31.1 Å². The number of alkyl halides is 3. The topological polar surface area (TPSA) is 90.4 Å². The number of benzene rings is 1. The van der Waals surface area contributed by atoms with Crippen molar-refractivity contribution in [1.82, 2.24) is 9.97 Å². The second-order valence-corrected chi connectivity index (χ2v) is 10.1. The van der Waals surface area contributed by atoms with Crippen molar-refractivity contribution in [2.24, 2.45) is 0 Å². The molecule has 0 fully saturated rings. The van der Waals surface area contributed by atoms with Gasteiger partial charge in [0.15, 0.2) is 5.03 Å². The normalized spacial score (nSPS) is 17.9. The minimum Gasteiger partial charge on any atom is -0.474 e. The lowest BCUT2D eigenvalue weighted by Crippen LogP contribution is -2.21. The van der Waals surface area contributed by atoms with Gasteiger partial charge in [-0.25, -0.2) is 4.98 Å². The molecule has 1 unspecified atom stereocenters. The molecule has 0 amide bonds. The van der Waals surface area contributed by atoms with Crippen molar-refractivity contribution in [1.29, 1.82) is 0 Å². The smallest absolute Gasteiger partial charge is 0.418 e. The number of hydrogen-bond acceptors (Lipinski definition) is 6. The molecule has 1 atom stereocenters. The number of nitrogens with one attached hydrogen (secondary N) is 1. The number of anilines is 1. The van der Waals surface area contributed by atoms with E-state index in [4.69, 9.17) is 9.47 Å². The number of sulfonamides is 1. The largest absolute Gasteiger partial charge is 0.474 e. The van der Waals surface area contributed by atoms with E-state index >= 15 is 0 Å². The van der Waals surface area contributed by atoms with E-state index in [1.807, 2.05) is 0 Å². The molecule has 0 saturated heterocycles. The maximum atomic E-state index is 13.9. The Hall–Kier alpha value is -3.18. The van der Waals surface area contributed by atoms with E-state index in [1.165, 1.54) is 12.1 Å². The molecule has 3 aromatic rings. The summed E-state index contributed by atoms with van der Waals surface area (Å²) in [6.45, 7) is 0.452. The first kappa shape index (κ1) is 25.9. The van der Waals surface area contributed by atoms with Gasteiger partial charge in [-0.2, -0.15) is 26.6 Å². The van der Waals surface area contributed by atoms with Gasteiger partial charge in [0.25, 0.3) is 10.0 Å². The van der Waals surface area contributed by atoms with E-state index in [2.05, 4.69) is 14.7 Å². The van der Waals surface area contributed by atoms with E-state index in [0.29, 0.717) is 43.4 Å². The average molecular weight is 522 g/mol. The van der Waals surface area contributed by atoms with Gasteiger partial charge in [0, 0.05) is 31.8 Å². The van der Waals surface area contributed by atoms with Gasteiger partial charge >= 0.3 is 6.18 Å². The molecule has 4 rings (SSSR count). The molecule has 1 aromatic carbocycles. The van der Waals surface area contributed by atoms with Crippen LogP contribution in [-0.4, -0.2) is 38.2 Å². The Bertz CT molecular complexity index is 1320. The van der Waals surface area contributed by atoms with Crippen molar-refractivity contribution in [3.8, 4) is 17.1 Å². The van der Waals surface area contributed by atoms with Crippen LogP contribution in [0.15, 0.2) is 59.6 Å². The number of fused-ring (bicyclic) bond motifs is 6. The molecule has 0 radical (unpaired) electrons. The third-order valence-electron chi connectivity index (χ3n) is 5.84. The fourth-order valence-electron chi connectivity index (χ4n) is 4.09. The first-order valence-electron chi connectivity index (χ1n) is 11.5. The SMILES string of the molecule is COCCC1CCCCc2ccccc2-c2nc(ccc2C(F)(F)F)NS(=O)(=O)c2cccc(n2)O1. The highest BCUT2D eigenvalue weighted by Gasteiger charge is 2.35. The quantitative estimate of drug-likeness (QED) is 0.491. The van der Waals surface area contributed by atoms with Crippen LogP contribution in [0.2, 0.25) is 0 Å². The Morgan fingerprint density at radius 1 is 1.06 bits per heavy atom. The molecule has 7 nitrogen and oxygen atoms in total. The first-order valence-corrected chi connectivity index (χ1v) is 13.0. The number of hydrogen-bond donors (Lipinski definition) is 1. The van der Waals surface area contributed by atoms with E-state index in [9.17, 15) is 21.6 Å². The number of methoxy groups -OCH3 is 1. The molecule has 1 aliphatic heterocycles. The Morgan fingerprint density at radius 2 is 1.86 bits per heavy atom. The highest BCUT2D eigenvalue weighted by Crippen LogP contribution is 2.38. The molecule has 192 valence electrons. The Labute approximate surface area is 207 Å². The number of aromatic nitrogens is 2. The number of pyridine rings is 2. The summed E-state index contributed by atoms with van der Waals surface area (Å²) in [6, 6.07) is 12.9. The van der Waals surface area contributed by atoms with Gasteiger partial charge in [-0.05, 0) is 49.4 Å². The zero-order chi connectivity index (χ0) is 25.8. The lowest BCUT2D eigenvalue weighted by atomic mass is 9.95. The fourth-order valence-corrected chi connectivity index (χ4v) is 5.05. The molecular weight excluding hydrogens is 495 g/mol. The fraction of sp³-hybridized carbons (Fsp3) is 0.360. The predicted molar refractivity (Wildman–Crippen MR) is 128 cm³/mol. The Morgan fingerprint density at radius 3 is 2.64 bits per heavy atom. The van der Waals surface area contributed by atoms with Crippen LogP contribution < -0.4 is 9.46 Å². The van der Waals surface area contributed by atoms with E-state index in [0.717, 1.165) is 18.6 Å². The molecule has 0 aliphatic carbocycles. The van der Waals surface area contributed by atoms with E-state index in [1.54, 1.807) is 37.4 Å². The Balaban J connectivity index is 1.82. The lowest BCUT2D eigenvalue weighted by Gasteiger charge is -2.20. The molecule has 36 heavy (non-hydrogen) atoms. The highest BCUT2D eigenvalue weighted by molar-refractivity contribution is 7.92. The molecule has 0 saturated carbocycles. The molecule has 1 N–H and O–H groups in total. The first-order chi connectivity index (χ1) is 17.2. The second kappa shape index (κ2) is 10.8. The molecular formula is C25H26F3N3O4S. The summed E-state index contributed by atoms with van der Waals surface area (Å²) in [5.41, 5.74) is -0.255. The Kier molecular flexibility index (Phi) is 7.79. The summed E-state index contributed by atoms with van der Waals surface area (Å²) in [4.78, 5) is 8.23. The van der Waals surface area contributed by atoms with Crippen LogP contribution in [0.4, 0.5) is 19.0 Å². The van der Waals surface area contributed by atoms with Gasteiger partial charge in [-0.3, -0.25) is 4.72 Å². The summed E-state index contributed by atoms with van der Waals surface area (Å²) < 4.78 is 81.2. The summed E-state index contributed by atoms with van der Waals surface area (Å²) in [5, 5.41) is -0.332. The number of ether oxygens (including phenoxy) is 2. The van der Waals surface area contributed by atoms with Crippen molar-refractivity contribution in [2.75, 3.05) is 18.4 Å². The zero-order valence-corrected chi connectivity index (χ0v) is 20.4. The van der Waals surface area contributed by atoms with Crippen LogP contribution in [0.25, 0.3) is 11.3 Å². The molecule has 11 heteroatoms. The monoisotopic (exact) mass is 521 g/mol. The maximum Gasteiger partial charge on any atom is 0.418 e. The maximum absolute atomic E-state index is 13.9. The lowest BCUT2D eigenvalue weighted by molar-refractivity contribution is -0.137. The molecule has 0 spiro atoms. The predicted octanol–water partition coefficient (Wildman–Crippen LogP) is 5.47. The van der Waals surface area contributed by atoms with E-state index in [-0.39, 0.29) is 28.5 Å². The van der Waals surface area contributed by atoms with Crippen LogP contribution in [0.3, 0.4) is 0 Å². The second-order valence-electron chi connectivity index (χ2n) is 8.43. The molecule has 2 aromatic heterocycles. The summed E-state index contributed by atoms with van der Waals surface area (Å²) in [5.74, 6) is -0.108. The summed E-state index contributed by atoms with van der Waals surface area (Å²) >= 11 is 0. The number of rotatable bonds is 3. The number of aryl methyl sites for hydroxylation is 1. The molecule has 1 aliphatic rings. The molecule has 3 heterocycles. The van der Waals surface area contributed by atoms with Gasteiger partial charge < -0.3 is 9.47 Å². The van der Waals surface area contributed by atoms with Crippen molar-refractivity contribution in [2.45, 2.75) is 49.4 Å². The zero-order valence-electron chi connectivity index (χ0n) is 19.6. The van der Waals surface area contributed by atoms with Crippen LogP contribution in [-0.2, 0) is 27.4 Å². The van der Waals surface area contributed by atoms with Crippen molar-refractivity contribution in [3.63, 3.8) is 0 Å².